The van der Waals surface area contributed by atoms with Crippen LogP contribution in [0.25, 0.3) is 0 Å². The molecule has 174 valence electrons. The molecule has 0 spiro atoms. The average molecular weight is 466 g/mol. The van der Waals surface area contributed by atoms with E-state index in [4.69, 9.17) is 4.74 Å². The lowest BCUT2D eigenvalue weighted by Crippen LogP contribution is -2.51. The second kappa shape index (κ2) is 10.9. The van der Waals surface area contributed by atoms with E-state index in [1.54, 1.807) is 31.2 Å². The van der Waals surface area contributed by atoms with Crippen molar-refractivity contribution in [2.24, 2.45) is 0 Å². The molecule has 1 atom stereocenters. The van der Waals surface area contributed by atoms with Crippen LogP contribution in [-0.4, -0.2) is 58.1 Å². The van der Waals surface area contributed by atoms with Crippen molar-refractivity contribution in [1.29, 1.82) is 0 Å². The summed E-state index contributed by atoms with van der Waals surface area (Å²) in [6.07, 6.45) is 1.26. The van der Waals surface area contributed by atoms with E-state index in [1.165, 1.54) is 37.3 Å². The van der Waals surface area contributed by atoms with Crippen molar-refractivity contribution >= 4 is 27.5 Å². The van der Waals surface area contributed by atoms with Gasteiger partial charge >= 0.3 is 0 Å². The Morgan fingerprint density at radius 3 is 2.31 bits per heavy atom. The Bertz CT molecular complexity index is 1040. The highest BCUT2D eigenvalue weighted by atomic mass is 32.2. The predicted molar refractivity (Wildman–Crippen MR) is 120 cm³/mol. The minimum absolute atomic E-state index is 0.0261. The van der Waals surface area contributed by atoms with E-state index in [9.17, 15) is 22.4 Å². The third-order valence-corrected chi connectivity index (χ3v) is 6.06. The second-order valence-corrected chi connectivity index (χ2v) is 9.06. The van der Waals surface area contributed by atoms with Gasteiger partial charge in [-0.2, -0.15) is 0 Å². The molecule has 0 aliphatic rings. The maximum atomic E-state index is 13.7. The molecule has 2 aromatic carbocycles. The fourth-order valence-corrected chi connectivity index (χ4v) is 4.10. The average Bonchev–Trinajstić information content (AvgIpc) is 2.76. The van der Waals surface area contributed by atoms with E-state index in [0.29, 0.717) is 12.2 Å². The van der Waals surface area contributed by atoms with Crippen molar-refractivity contribution in [1.82, 2.24) is 10.2 Å². The van der Waals surface area contributed by atoms with Crippen LogP contribution in [0.1, 0.15) is 18.9 Å². The number of anilines is 1. The number of hydrogen-bond acceptors (Lipinski definition) is 5. The monoisotopic (exact) mass is 465 g/mol. The molecular formula is C22H28FN3O5S. The number of methoxy groups -OCH3 is 1. The van der Waals surface area contributed by atoms with E-state index in [1.807, 2.05) is 0 Å². The first-order valence-electron chi connectivity index (χ1n) is 9.98. The number of carbonyl (C=O) groups is 2. The van der Waals surface area contributed by atoms with Crippen LogP contribution in [0.3, 0.4) is 0 Å². The fourth-order valence-electron chi connectivity index (χ4n) is 3.26. The van der Waals surface area contributed by atoms with Gasteiger partial charge in [-0.3, -0.25) is 13.9 Å². The van der Waals surface area contributed by atoms with Crippen LogP contribution in [0, 0.1) is 5.82 Å². The summed E-state index contributed by atoms with van der Waals surface area (Å²) < 4.78 is 44.5. The van der Waals surface area contributed by atoms with E-state index < -0.39 is 34.3 Å². The smallest absolute Gasteiger partial charge is 0.244 e. The summed E-state index contributed by atoms with van der Waals surface area (Å²) in [7, 11) is -0.895. The van der Waals surface area contributed by atoms with Crippen molar-refractivity contribution in [3.63, 3.8) is 0 Å². The molecule has 0 fully saturated rings. The molecule has 2 rings (SSSR count). The number of sulfonamides is 1. The topological polar surface area (TPSA) is 96.0 Å². The van der Waals surface area contributed by atoms with Gasteiger partial charge in [0.1, 0.15) is 24.2 Å². The molecule has 8 nitrogen and oxygen atoms in total. The fraction of sp³-hybridized carbons (Fsp3) is 0.364. The molecule has 0 saturated heterocycles. The first-order valence-corrected chi connectivity index (χ1v) is 11.8. The van der Waals surface area contributed by atoms with E-state index in [0.717, 1.165) is 22.2 Å². The second-order valence-electron chi connectivity index (χ2n) is 7.16. The molecule has 32 heavy (non-hydrogen) atoms. The van der Waals surface area contributed by atoms with Gasteiger partial charge in [0.15, 0.2) is 0 Å². The number of nitrogens with zero attached hydrogens (tertiary/aromatic N) is 2. The lowest BCUT2D eigenvalue weighted by atomic mass is 10.1. The summed E-state index contributed by atoms with van der Waals surface area (Å²) in [4.78, 5) is 27.1. The molecule has 0 saturated carbocycles. The molecule has 2 aromatic rings. The Morgan fingerprint density at radius 2 is 1.81 bits per heavy atom. The minimum atomic E-state index is -3.90. The highest BCUT2D eigenvalue weighted by Gasteiger charge is 2.31. The first-order chi connectivity index (χ1) is 15.1. The SMILES string of the molecule is CC[C@@H](C(=O)NC)N(Cc1ccc(OC)cc1)C(=O)CN(c1cccc(F)c1)S(C)(=O)=O. The Morgan fingerprint density at radius 1 is 1.16 bits per heavy atom. The molecule has 2 amide bonds. The van der Waals surface area contributed by atoms with E-state index in [-0.39, 0.29) is 18.1 Å². The van der Waals surface area contributed by atoms with Gasteiger partial charge in [-0.15, -0.1) is 0 Å². The largest absolute Gasteiger partial charge is 0.497 e. The van der Waals surface area contributed by atoms with Gasteiger partial charge < -0.3 is 15.0 Å². The first kappa shape index (κ1) is 25.1. The lowest BCUT2D eigenvalue weighted by molar-refractivity contribution is -0.140. The van der Waals surface area contributed by atoms with Gasteiger partial charge in [0, 0.05) is 13.6 Å². The molecule has 0 unspecified atom stereocenters. The highest BCUT2D eigenvalue weighted by molar-refractivity contribution is 7.92. The molecule has 0 heterocycles. The molecule has 0 aromatic heterocycles. The van der Waals surface area contributed by atoms with Crippen LogP contribution in [0.2, 0.25) is 0 Å². The summed E-state index contributed by atoms with van der Waals surface area (Å²) in [5, 5.41) is 2.54. The highest BCUT2D eigenvalue weighted by Crippen LogP contribution is 2.21. The predicted octanol–water partition coefficient (Wildman–Crippen LogP) is 2.15. The Balaban J connectivity index is 2.41. The summed E-state index contributed by atoms with van der Waals surface area (Å²) in [6, 6.07) is 11.2. The quantitative estimate of drug-likeness (QED) is 0.580. The third-order valence-electron chi connectivity index (χ3n) is 4.92. The number of likely N-dealkylation sites (N-methyl/N-ethyl adjacent to an activating group) is 1. The van der Waals surface area contributed by atoms with Gasteiger partial charge in [0.25, 0.3) is 0 Å². The van der Waals surface area contributed by atoms with Gasteiger partial charge in [0.05, 0.1) is 19.1 Å². The van der Waals surface area contributed by atoms with Crippen LogP contribution in [0.15, 0.2) is 48.5 Å². The molecule has 0 bridgehead atoms. The molecule has 1 N–H and O–H groups in total. The van der Waals surface area contributed by atoms with Gasteiger partial charge in [0.2, 0.25) is 21.8 Å². The van der Waals surface area contributed by atoms with Crippen LogP contribution in [0.4, 0.5) is 10.1 Å². The van der Waals surface area contributed by atoms with E-state index in [2.05, 4.69) is 5.32 Å². The van der Waals surface area contributed by atoms with Crippen LogP contribution in [0.5, 0.6) is 5.75 Å². The zero-order valence-electron chi connectivity index (χ0n) is 18.5. The summed E-state index contributed by atoms with van der Waals surface area (Å²) in [5.41, 5.74) is 0.761. The van der Waals surface area contributed by atoms with Crippen LogP contribution in [-0.2, 0) is 26.2 Å². The molecular weight excluding hydrogens is 437 g/mol. The van der Waals surface area contributed by atoms with Gasteiger partial charge in [-0.05, 0) is 42.3 Å². The number of ether oxygens (including phenoxy) is 1. The Labute approximate surface area is 188 Å². The van der Waals surface area contributed by atoms with Crippen molar-refractivity contribution < 1.29 is 27.1 Å². The number of carbonyl (C=O) groups excluding carboxylic acids is 2. The number of amides is 2. The minimum Gasteiger partial charge on any atom is -0.497 e. The lowest BCUT2D eigenvalue weighted by Gasteiger charge is -2.32. The van der Waals surface area contributed by atoms with Crippen molar-refractivity contribution in [2.75, 3.05) is 31.3 Å². The Hall–Kier alpha value is -3.14. The number of benzene rings is 2. The third kappa shape index (κ3) is 6.43. The number of rotatable bonds is 10. The zero-order chi connectivity index (χ0) is 23.9. The molecule has 0 aliphatic heterocycles. The maximum Gasteiger partial charge on any atom is 0.244 e. The standard InChI is InChI=1S/C22H28FN3O5S/c1-5-20(22(28)24-2)25(14-16-9-11-19(31-3)12-10-16)21(27)15-26(32(4,29)30)18-8-6-7-17(23)13-18/h6-13,20H,5,14-15H2,1-4H3,(H,24,28)/t20-/m0/s1. The Kier molecular flexibility index (Phi) is 8.59. The number of nitrogens with one attached hydrogen (secondary N) is 1. The van der Waals surface area contributed by atoms with Gasteiger partial charge in [-0.25, -0.2) is 12.8 Å². The molecule has 10 heteroatoms. The van der Waals surface area contributed by atoms with Crippen molar-refractivity contribution in [3.05, 3.63) is 59.9 Å². The van der Waals surface area contributed by atoms with Gasteiger partial charge in [-0.1, -0.05) is 25.1 Å². The summed E-state index contributed by atoms with van der Waals surface area (Å²) in [6.45, 7) is 1.26. The van der Waals surface area contributed by atoms with E-state index >= 15 is 0 Å². The summed E-state index contributed by atoms with van der Waals surface area (Å²) >= 11 is 0. The normalized spacial score (nSPS) is 12.0. The molecule has 0 aliphatic carbocycles. The van der Waals surface area contributed by atoms with Crippen molar-refractivity contribution in [3.8, 4) is 5.75 Å². The van der Waals surface area contributed by atoms with Crippen LogP contribution >= 0.6 is 0 Å². The van der Waals surface area contributed by atoms with Crippen molar-refractivity contribution in [2.45, 2.75) is 25.9 Å². The summed E-state index contributed by atoms with van der Waals surface area (Å²) in [5.74, 6) is -0.952. The zero-order valence-corrected chi connectivity index (χ0v) is 19.4. The number of halogens is 1. The maximum absolute atomic E-state index is 13.7. The number of hydrogen-bond donors (Lipinski definition) is 1. The molecule has 0 radical (unpaired) electrons. The van der Waals surface area contributed by atoms with Crippen LogP contribution < -0.4 is 14.4 Å².